The second kappa shape index (κ2) is 7.40. The van der Waals surface area contributed by atoms with Gasteiger partial charge in [0.25, 0.3) is 3.79 Å². The summed E-state index contributed by atoms with van der Waals surface area (Å²) >= 11 is 20.3. The van der Waals surface area contributed by atoms with Crippen molar-refractivity contribution < 1.29 is 4.74 Å². The van der Waals surface area contributed by atoms with E-state index in [0.717, 1.165) is 22.0 Å². The fraction of sp³-hybridized carbons (Fsp3) is 0.278. The maximum atomic E-state index is 5.98. The Kier molecular flexibility index (Phi) is 5.65. The molecule has 0 spiro atoms. The number of aliphatic imine (C=N–C) groups is 1. The van der Waals surface area contributed by atoms with Crippen molar-refractivity contribution in [3.8, 4) is 11.1 Å². The second-order valence-corrected chi connectivity index (χ2v) is 8.67. The van der Waals surface area contributed by atoms with Gasteiger partial charge in [-0.2, -0.15) is 0 Å². The Morgan fingerprint density at radius 3 is 2.42 bits per heavy atom. The van der Waals surface area contributed by atoms with E-state index in [-0.39, 0.29) is 5.90 Å². The van der Waals surface area contributed by atoms with Crippen LogP contribution in [0.5, 0.6) is 0 Å². The average Bonchev–Trinajstić information content (AvgIpc) is 2.62. The van der Waals surface area contributed by atoms with E-state index in [4.69, 9.17) is 44.5 Å². The highest BCUT2D eigenvalue weighted by Gasteiger charge is 2.40. The molecule has 0 saturated carbocycles. The molecule has 2 nitrogen and oxygen atoms in total. The third-order valence-electron chi connectivity index (χ3n) is 4.04. The number of hydrogen-bond acceptors (Lipinski definition) is 2. The summed E-state index contributed by atoms with van der Waals surface area (Å²) in [7, 11) is 0. The highest BCUT2D eigenvalue weighted by atomic mass is 127. The normalized spacial score (nSPS) is 21.1. The molecule has 0 aromatic heterocycles. The fourth-order valence-electron chi connectivity index (χ4n) is 2.75. The fourth-order valence-corrected chi connectivity index (χ4v) is 4.03. The van der Waals surface area contributed by atoms with E-state index >= 15 is 0 Å². The van der Waals surface area contributed by atoms with E-state index in [1.807, 2.05) is 24.3 Å². The molecule has 3 rings (SSSR count). The highest BCUT2D eigenvalue weighted by Crippen LogP contribution is 2.40. The Morgan fingerprint density at radius 1 is 1.04 bits per heavy atom. The average molecular weight is 495 g/mol. The summed E-state index contributed by atoms with van der Waals surface area (Å²) in [6, 6.07) is 18.6. The van der Waals surface area contributed by atoms with Crippen LogP contribution in [0.3, 0.4) is 0 Å². The summed E-state index contributed by atoms with van der Waals surface area (Å²) in [5.74, 6) is 0.167. The minimum Gasteiger partial charge on any atom is -0.478 e. The first kappa shape index (κ1) is 18.3. The Bertz CT molecular complexity index is 745. The summed E-state index contributed by atoms with van der Waals surface area (Å²) in [4.78, 5) is 4.70. The van der Waals surface area contributed by atoms with Crippen LogP contribution in [-0.4, -0.2) is 20.7 Å². The zero-order valence-electron chi connectivity index (χ0n) is 12.7. The first-order valence-corrected chi connectivity index (χ1v) is 10.1. The molecule has 0 aliphatic carbocycles. The van der Waals surface area contributed by atoms with Crippen LogP contribution in [0.1, 0.15) is 12.0 Å². The number of alkyl halides is 4. The van der Waals surface area contributed by atoms with Gasteiger partial charge in [0, 0.05) is 10.8 Å². The lowest BCUT2D eigenvalue weighted by molar-refractivity contribution is 0.221. The Morgan fingerprint density at radius 2 is 1.75 bits per heavy atom. The van der Waals surface area contributed by atoms with Crippen molar-refractivity contribution >= 4 is 63.3 Å². The van der Waals surface area contributed by atoms with E-state index in [1.165, 1.54) is 5.56 Å². The minimum atomic E-state index is -1.64. The molecule has 0 unspecified atom stereocenters. The van der Waals surface area contributed by atoms with Gasteiger partial charge in [-0.3, -0.25) is 0 Å². The molecule has 0 N–H and O–H groups in total. The predicted octanol–water partition coefficient (Wildman–Crippen LogP) is 6.17. The van der Waals surface area contributed by atoms with Crippen LogP contribution in [0.2, 0.25) is 0 Å². The molecule has 1 atom stereocenters. The maximum absolute atomic E-state index is 5.98. The number of rotatable bonds is 3. The van der Waals surface area contributed by atoms with E-state index in [2.05, 4.69) is 52.9 Å². The molecule has 1 aliphatic heterocycles. The van der Waals surface area contributed by atoms with E-state index in [1.54, 1.807) is 0 Å². The van der Waals surface area contributed by atoms with Crippen LogP contribution in [0.25, 0.3) is 11.1 Å². The number of hydrogen-bond donors (Lipinski definition) is 0. The SMILES string of the molecule is ClC(Cl)(Cl)C1=N[C@](CI)(c2cccc(-c3ccccc3)c2)CCO1. The number of benzene rings is 2. The maximum Gasteiger partial charge on any atom is 0.266 e. The molecule has 2 aromatic carbocycles. The molecular formula is C18H15Cl3INO. The molecule has 0 amide bonds. The van der Waals surface area contributed by atoms with Gasteiger partial charge in [-0.15, -0.1) is 0 Å². The lowest BCUT2D eigenvalue weighted by Gasteiger charge is -2.35. The molecule has 1 aliphatic rings. The Balaban J connectivity index is 2.06. The molecule has 126 valence electrons. The van der Waals surface area contributed by atoms with Gasteiger partial charge < -0.3 is 4.74 Å². The molecule has 0 radical (unpaired) electrons. The second-order valence-electron chi connectivity index (χ2n) is 5.63. The van der Waals surface area contributed by atoms with E-state index in [0.29, 0.717) is 6.61 Å². The van der Waals surface area contributed by atoms with Gasteiger partial charge in [-0.1, -0.05) is 106 Å². The summed E-state index contributed by atoms with van der Waals surface area (Å²) in [6.45, 7) is 0.477. The zero-order valence-corrected chi connectivity index (χ0v) is 17.1. The van der Waals surface area contributed by atoms with Crippen LogP contribution in [0.15, 0.2) is 59.6 Å². The standard InChI is InChI=1S/C18H15Cl3INO/c19-18(20,21)16-23-17(12-22,9-10-24-16)15-8-4-7-14(11-15)13-5-2-1-3-6-13/h1-8,11H,9-10,12H2/t17-/m1/s1. The third kappa shape index (κ3) is 3.85. The summed E-state index contributed by atoms with van der Waals surface area (Å²) in [5.41, 5.74) is 2.98. The number of ether oxygens (including phenoxy) is 1. The molecule has 1 heterocycles. The van der Waals surface area contributed by atoms with Crippen molar-refractivity contribution in [1.29, 1.82) is 0 Å². The largest absolute Gasteiger partial charge is 0.478 e. The topological polar surface area (TPSA) is 21.6 Å². The molecule has 0 bridgehead atoms. The van der Waals surface area contributed by atoms with Crippen molar-refractivity contribution in [3.05, 3.63) is 60.2 Å². The Labute approximate surface area is 170 Å². The third-order valence-corrected chi connectivity index (χ3v) is 5.79. The molecule has 0 saturated heterocycles. The first-order valence-electron chi connectivity index (χ1n) is 7.46. The zero-order chi connectivity index (χ0) is 17.2. The first-order chi connectivity index (χ1) is 11.4. The van der Waals surface area contributed by atoms with Crippen LogP contribution in [0, 0.1) is 0 Å². The molecular weight excluding hydrogens is 479 g/mol. The predicted molar refractivity (Wildman–Crippen MR) is 111 cm³/mol. The van der Waals surface area contributed by atoms with Gasteiger partial charge in [-0.25, -0.2) is 4.99 Å². The summed E-state index contributed by atoms with van der Waals surface area (Å²) < 4.78 is 4.62. The monoisotopic (exact) mass is 493 g/mol. The van der Waals surface area contributed by atoms with Crippen molar-refractivity contribution in [3.63, 3.8) is 0 Å². The Hall–Kier alpha value is -0.490. The quantitative estimate of drug-likeness (QED) is 0.369. The van der Waals surface area contributed by atoms with Gasteiger partial charge >= 0.3 is 0 Å². The number of nitrogens with zero attached hydrogens (tertiary/aromatic N) is 1. The van der Waals surface area contributed by atoms with Crippen molar-refractivity contribution in [2.24, 2.45) is 4.99 Å². The summed E-state index contributed by atoms with van der Waals surface area (Å²) in [5, 5.41) is 0. The number of halogens is 4. The molecule has 0 fully saturated rings. The van der Waals surface area contributed by atoms with Gasteiger partial charge in [0.1, 0.15) is 5.54 Å². The molecule has 24 heavy (non-hydrogen) atoms. The van der Waals surface area contributed by atoms with Gasteiger partial charge in [-0.05, 0) is 22.8 Å². The van der Waals surface area contributed by atoms with Gasteiger partial charge in [0.15, 0.2) is 0 Å². The smallest absolute Gasteiger partial charge is 0.266 e. The van der Waals surface area contributed by atoms with Crippen LogP contribution in [-0.2, 0) is 10.3 Å². The van der Waals surface area contributed by atoms with Gasteiger partial charge in [0.05, 0.1) is 6.61 Å². The highest BCUT2D eigenvalue weighted by molar-refractivity contribution is 14.1. The van der Waals surface area contributed by atoms with Gasteiger partial charge in [0.2, 0.25) is 5.90 Å². The van der Waals surface area contributed by atoms with Crippen molar-refractivity contribution in [2.45, 2.75) is 15.8 Å². The lowest BCUT2D eigenvalue weighted by Crippen LogP contribution is -2.38. The van der Waals surface area contributed by atoms with Crippen LogP contribution >= 0.6 is 57.4 Å². The lowest BCUT2D eigenvalue weighted by atomic mass is 9.87. The van der Waals surface area contributed by atoms with E-state index in [9.17, 15) is 0 Å². The summed E-state index contributed by atoms with van der Waals surface area (Å²) in [6.07, 6.45) is 0.748. The van der Waals surface area contributed by atoms with Crippen molar-refractivity contribution in [1.82, 2.24) is 0 Å². The van der Waals surface area contributed by atoms with E-state index < -0.39 is 9.33 Å². The van der Waals surface area contributed by atoms with Crippen molar-refractivity contribution in [2.75, 3.05) is 11.0 Å². The van der Waals surface area contributed by atoms with Crippen LogP contribution < -0.4 is 0 Å². The van der Waals surface area contributed by atoms with Crippen LogP contribution in [0.4, 0.5) is 0 Å². The minimum absolute atomic E-state index is 0.167. The molecule has 2 aromatic rings. The molecule has 6 heteroatoms.